The number of rotatable bonds is 5. The van der Waals surface area contributed by atoms with E-state index in [0.717, 1.165) is 30.6 Å². The normalized spacial score (nSPS) is 43.4. The highest BCUT2D eigenvalue weighted by Gasteiger charge is 2.59. The molecule has 170 valence electrons. The minimum absolute atomic E-state index is 0.0350. The zero-order chi connectivity index (χ0) is 21.9. The molecule has 4 aliphatic carbocycles. The molecular formula is C29H48O. The average molecular weight is 413 g/mol. The smallest absolute Gasteiger partial charge is 0.0594 e. The summed E-state index contributed by atoms with van der Waals surface area (Å²) in [4.78, 5) is 0. The van der Waals surface area contributed by atoms with Crippen LogP contribution in [0.2, 0.25) is 0 Å². The maximum absolute atomic E-state index is 10.7. The van der Waals surface area contributed by atoms with Gasteiger partial charge in [0.2, 0.25) is 0 Å². The van der Waals surface area contributed by atoms with Crippen LogP contribution in [0.1, 0.15) is 106 Å². The predicted molar refractivity (Wildman–Crippen MR) is 128 cm³/mol. The summed E-state index contributed by atoms with van der Waals surface area (Å²) in [5, 5.41) is 10.7. The lowest BCUT2D eigenvalue weighted by molar-refractivity contribution is -0.119. The number of aliphatic hydroxyl groups is 1. The first-order chi connectivity index (χ1) is 14.0. The van der Waals surface area contributed by atoms with Crippen LogP contribution < -0.4 is 0 Å². The van der Waals surface area contributed by atoms with Gasteiger partial charge in [-0.05, 0) is 95.5 Å². The molecule has 0 aliphatic heterocycles. The van der Waals surface area contributed by atoms with Crippen molar-refractivity contribution < 1.29 is 5.11 Å². The molecule has 1 heteroatoms. The van der Waals surface area contributed by atoms with Crippen molar-refractivity contribution in [2.24, 2.45) is 45.8 Å². The Labute approximate surface area is 186 Å². The van der Waals surface area contributed by atoms with Crippen LogP contribution in [-0.2, 0) is 0 Å². The summed E-state index contributed by atoms with van der Waals surface area (Å²) in [5.41, 5.74) is 4.25. The van der Waals surface area contributed by atoms with Gasteiger partial charge in [-0.15, -0.1) is 0 Å². The van der Waals surface area contributed by atoms with E-state index in [1.807, 2.05) is 0 Å². The number of hydrogen-bond donors (Lipinski definition) is 1. The van der Waals surface area contributed by atoms with Gasteiger partial charge in [-0.25, -0.2) is 0 Å². The molecule has 0 aromatic carbocycles. The van der Waals surface area contributed by atoms with Gasteiger partial charge in [0.25, 0.3) is 0 Å². The third kappa shape index (κ3) is 3.37. The second-order valence-electron chi connectivity index (χ2n) is 13.1. The van der Waals surface area contributed by atoms with Crippen LogP contribution in [0.25, 0.3) is 0 Å². The zero-order valence-corrected chi connectivity index (χ0v) is 20.9. The Hall–Kier alpha value is -0.560. The SMILES string of the molecule is CC(C)CCC[C@@H](C)[C@H]1CC=C2C3=CC[C@H]4C(C)(C)[C@@H](O)CC[C@]4(C)[C@H]3CC[C@@]21C. The van der Waals surface area contributed by atoms with Crippen molar-refractivity contribution in [1.29, 1.82) is 0 Å². The van der Waals surface area contributed by atoms with E-state index < -0.39 is 0 Å². The van der Waals surface area contributed by atoms with Gasteiger partial charge in [0.15, 0.2) is 0 Å². The van der Waals surface area contributed by atoms with Gasteiger partial charge in [-0.2, -0.15) is 0 Å². The lowest BCUT2D eigenvalue weighted by atomic mass is 9.44. The Morgan fingerprint density at radius 1 is 0.967 bits per heavy atom. The fraction of sp³-hybridized carbons (Fsp3) is 0.862. The molecule has 1 nitrogen and oxygen atoms in total. The number of hydrogen-bond acceptors (Lipinski definition) is 1. The van der Waals surface area contributed by atoms with Gasteiger partial charge in [0, 0.05) is 0 Å². The first-order valence-corrected chi connectivity index (χ1v) is 13.1. The summed E-state index contributed by atoms with van der Waals surface area (Å²) in [6, 6.07) is 0. The van der Waals surface area contributed by atoms with E-state index in [1.54, 1.807) is 11.1 Å². The maximum atomic E-state index is 10.7. The number of fused-ring (bicyclic) bond motifs is 5. The molecule has 2 fully saturated rings. The third-order valence-electron chi connectivity index (χ3n) is 10.7. The van der Waals surface area contributed by atoms with Crippen LogP contribution in [0.5, 0.6) is 0 Å². The monoisotopic (exact) mass is 412 g/mol. The number of aliphatic hydroxyl groups excluding tert-OH is 1. The molecule has 30 heavy (non-hydrogen) atoms. The van der Waals surface area contributed by atoms with E-state index in [9.17, 15) is 5.11 Å². The first-order valence-electron chi connectivity index (χ1n) is 13.1. The highest BCUT2D eigenvalue weighted by atomic mass is 16.3. The molecule has 4 aliphatic rings. The van der Waals surface area contributed by atoms with Crippen molar-refractivity contribution in [3.63, 3.8) is 0 Å². The Bertz CT molecular complexity index is 712. The molecule has 0 spiro atoms. The minimum atomic E-state index is -0.138. The zero-order valence-electron chi connectivity index (χ0n) is 20.9. The molecule has 7 atom stereocenters. The summed E-state index contributed by atoms with van der Waals surface area (Å²) in [6.45, 7) is 17.1. The average Bonchev–Trinajstić information content (AvgIpc) is 3.02. The van der Waals surface area contributed by atoms with Crippen LogP contribution in [0.3, 0.4) is 0 Å². The van der Waals surface area contributed by atoms with Gasteiger partial charge in [-0.1, -0.05) is 79.9 Å². The molecule has 0 unspecified atom stereocenters. The second kappa shape index (κ2) is 7.79. The van der Waals surface area contributed by atoms with E-state index in [2.05, 4.69) is 60.6 Å². The molecule has 2 saturated carbocycles. The molecule has 0 saturated heterocycles. The Morgan fingerprint density at radius 2 is 1.70 bits per heavy atom. The highest BCUT2D eigenvalue weighted by Crippen LogP contribution is 2.67. The van der Waals surface area contributed by atoms with E-state index in [1.165, 1.54) is 44.9 Å². The van der Waals surface area contributed by atoms with Gasteiger partial charge in [0.05, 0.1) is 6.10 Å². The molecule has 0 bridgehead atoms. The Balaban J connectivity index is 1.56. The van der Waals surface area contributed by atoms with E-state index in [-0.39, 0.29) is 11.5 Å². The summed E-state index contributed by atoms with van der Waals surface area (Å²) in [5.74, 6) is 3.81. The van der Waals surface area contributed by atoms with Crippen molar-refractivity contribution in [2.75, 3.05) is 0 Å². The standard InChI is InChI=1S/C29H48O/c1-19(2)9-8-10-20(3)22-12-13-23-21-11-14-25-27(4,5)26(30)16-18-29(25,7)24(21)15-17-28(22,23)6/h11,13,19-20,22,24-26,30H,8-10,12,14-18H2,1-7H3/t20-,22-,24+,25+,26+,28-,29-/m1/s1. The largest absolute Gasteiger partial charge is 0.393 e. The Morgan fingerprint density at radius 3 is 2.40 bits per heavy atom. The Kier molecular flexibility index (Phi) is 5.87. The molecular weight excluding hydrogens is 364 g/mol. The van der Waals surface area contributed by atoms with Crippen LogP contribution in [0.4, 0.5) is 0 Å². The van der Waals surface area contributed by atoms with Crippen molar-refractivity contribution in [1.82, 2.24) is 0 Å². The van der Waals surface area contributed by atoms with Crippen molar-refractivity contribution >= 4 is 0 Å². The summed E-state index contributed by atoms with van der Waals surface area (Å²) in [6.07, 6.45) is 16.7. The van der Waals surface area contributed by atoms with Crippen molar-refractivity contribution in [2.45, 2.75) is 112 Å². The summed E-state index contributed by atoms with van der Waals surface area (Å²) in [7, 11) is 0. The second-order valence-corrected chi connectivity index (χ2v) is 13.1. The van der Waals surface area contributed by atoms with Gasteiger partial charge in [0.1, 0.15) is 0 Å². The topological polar surface area (TPSA) is 20.2 Å². The van der Waals surface area contributed by atoms with Crippen LogP contribution in [-0.4, -0.2) is 11.2 Å². The molecule has 4 rings (SSSR count). The molecule has 1 N–H and O–H groups in total. The lowest BCUT2D eigenvalue weighted by Gasteiger charge is -2.61. The number of allylic oxidation sites excluding steroid dienone is 4. The van der Waals surface area contributed by atoms with Crippen molar-refractivity contribution in [3.8, 4) is 0 Å². The van der Waals surface area contributed by atoms with Crippen LogP contribution in [0.15, 0.2) is 23.3 Å². The first kappa shape index (κ1) is 22.6. The fourth-order valence-electron chi connectivity index (χ4n) is 8.65. The quantitative estimate of drug-likeness (QED) is 0.486. The maximum Gasteiger partial charge on any atom is 0.0594 e. The summed E-state index contributed by atoms with van der Waals surface area (Å²) < 4.78 is 0. The van der Waals surface area contributed by atoms with Crippen LogP contribution >= 0.6 is 0 Å². The van der Waals surface area contributed by atoms with Gasteiger partial charge >= 0.3 is 0 Å². The minimum Gasteiger partial charge on any atom is -0.393 e. The predicted octanol–water partition coefficient (Wildman–Crippen LogP) is 7.94. The molecule has 0 amide bonds. The molecule has 0 radical (unpaired) electrons. The molecule has 0 aromatic rings. The van der Waals surface area contributed by atoms with Gasteiger partial charge in [-0.3, -0.25) is 0 Å². The van der Waals surface area contributed by atoms with Crippen molar-refractivity contribution in [3.05, 3.63) is 23.3 Å². The van der Waals surface area contributed by atoms with E-state index in [0.29, 0.717) is 22.7 Å². The van der Waals surface area contributed by atoms with Gasteiger partial charge < -0.3 is 5.11 Å². The van der Waals surface area contributed by atoms with E-state index in [4.69, 9.17) is 0 Å². The third-order valence-corrected chi connectivity index (χ3v) is 10.7. The molecule has 0 heterocycles. The van der Waals surface area contributed by atoms with Crippen LogP contribution in [0, 0.1) is 45.8 Å². The molecule has 0 aromatic heterocycles. The highest BCUT2D eigenvalue weighted by molar-refractivity contribution is 5.46. The van der Waals surface area contributed by atoms with E-state index >= 15 is 0 Å². The fourth-order valence-corrected chi connectivity index (χ4v) is 8.65. The lowest BCUT2D eigenvalue weighted by Crippen LogP contribution is -2.55. The summed E-state index contributed by atoms with van der Waals surface area (Å²) >= 11 is 0.